The first-order valence-corrected chi connectivity index (χ1v) is 8.20. The quantitative estimate of drug-likeness (QED) is 0.593. The normalized spacial score (nSPS) is 10.3. The van der Waals surface area contributed by atoms with E-state index in [9.17, 15) is 0 Å². The van der Waals surface area contributed by atoms with E-state index in [-0.39, 0.29) is 0 Å². The molecular formula is C17H25NS. The Morgan fingerprint density at radius 3 is 2.58 bits per heavy atom. The van der Waals surface area contributed by atoms with Crippen LogP contribution in [0.25, 0.3) is 0 Å². The van der Waals surface area contributed by atoms with E-state index in [0.717, 1.165) is 11.5 Å². The van der Waals surface area contributed by atoms with E-state index in [2.05, 4.69) is 43.9 Å². The van der Waals surface area contributed by atoms with Gasteiger partial charge in [-0.2, -0.15) is 0 Å². The van der Waals surface area contributed by atoms with Crippen LogP contribution in [-0.4, -0.2) is 12.3 Å². The second kappa shape index (κ2) is 9.95. The summed E-state index contributed by atoms with van der Waals surface area (Å²) in [6.45, 7) is 4.97. The molecule has 0 saturated carbocycles. The summed E-state index contributed by atoms with van der Waals surface area (Å²) in [7, 11) is 0. The lowest BCUT2D eigenvalue weighted by atomic mass is 10.0. The smallest absolute Gasteiger partial charge is 0.0555 e. The van der Waals surface area contributed by atoms with E-state index in [1.807, 2.05) is 17.8 Å². The van der Waals surface area contributed by atoms with E-state index in [4.69, 9.17) is 5.73 Å². The standard InChI is InChI=1S/C17H25NS/c1-3-7-16(8-4-2)14-19-17-11-5-9-15(13-17)10-6-12-18/h5,9,11,13,16H,3-4,7-8,12,14,18H2,1-2H3. The summed E-state index contributed by atoms with van der Waals surface area (Å²) in [6.07, 6.45) is 5.25. The molecule has 0 aliphatic heterocycles. The summed E-state index contributed by atoms with van der Waals surface area (Å²) in [4.78, 5) is 1.32. The number of hydrogen-bond acceptors (Lipinski definition) is 2. The van der Waals surface area contributed by atoms with Crippen LogP contribution in [0.5, 0.6) is 0 Å². The number of rotatable bonds is 7. The van der Waals surface area contributed by atoms with Gasteiger partial charge in [-0.3, -0.25) is 0 Å². The van der Waals surface area contributed by atoms with Crippen molar-refractivity contribution < 1.29 is 0 Å². The van der Waals surface area contributed by atoms with Gasteiger partial charge in [0.15, 0.2) is 0 Å². The Morgan fingerprint density at radius 1 is 1.21 bits per heavy atom. The Bertz CT molecular complexity index is 411. The van der Waals surface area contributed by atoms with E-state index in [0.29, 0.717) is 6.54 Å². The molecule has 104 valence electrons. The zero-order chi connectivity index (χ0) is 13.9. The molecule has 0 heterocycles. The minimum atomic E-state index is 0.423. The fourth-order valence-electron chi connectivity index (χ4n) is 2.16. The molecule has 0 atom stereocenters. The van der Waals surface area contributed by atoms with Crippen molar-refractivity contribution in [3.63, 3.8) is 0 Å². The molecule has 0 aromatic heterocycles. The van der Waals surface area contributed by atoms with Crippen LogP contribution in [-0.2, 0) is 0 Å². The summed E-state index contributed by atoms with van der Waals surface area (Å²) in [6, 6.07) is 8.47. The third-order valence-electron chi connectivity index (χ3n) is 3.05. The van der Waals surface area contributed by atoms with Gasteiger partial charge in [0.1, 0.15) is 0 Å². The van der Waals surface area contributed by atoms with Crippen LogP contribution in [0.4, 0.5) is 0 Å². The lowest BCUT2D eigenvalue weighted by Crippen LogP contribution is -2.02. The molecule has 0 aliphatic rings. The van der Waals surface area contributed by atoms with Crippen molar-refractivity contribution in [1.82, 2.24) is 0 Å². The second-order valence-electron chi connectivity index (χ2n) is 4.79. The van der Waals surface area contributed by atoms with Crippen LogP contribution in [0, 0.1) is 17.8 Å². The second-order valence-corrected chi connectivity index (χ2v) is 5.88. The van der Waals surface area contributed by atoms with E-state index >= 15 is 0 Å². The maximum Gasteiger partial charge on any atom is 0.0555 e. The summed E-state index contributed by atoms with van der Waals surface area (Å²) in [5.74, 6) is 8.06. The number of thioether (sulfide) groups is 1. The summed E-state index contributed by atoms with van der Waals surface area (Å²) < 4.78 is 0. The highest BCUT2D eigenvalue weighted by Crippen LogP contribution is 2.25. The minimum Gasteiger partial charge on any atom is -0.320 e. The Hall–Kier alpha value is -0.910. The first-order chi connectivity index (χ1) is 9.30. The lowest BCUT2D eigenvalue weighted by Gasteiger charge is -2.14. The average molecular weight is 275 g/mol. The van der Waals surface area contributed by atoms with Crippen molar-refractivity contribution in [3.05, 3.63) is 29.8 Å². The van der Waals surface area contributed by atoms with Crippen LogP contribution < -0.4 is 5.73 Å². The lowest BCUT2D eigenvalue weighted by molar-refractivity contribution is 0.488. The topological polar surface area (TPSA) is 26.0 Å². The van der Waals surface area contributed by atoms with Gasteiger partial charge in [-0.05, 0) is 37.0 Å². The van der Waals surface area contributed by atoms with Gasteiger partial charge in [-0.15, -0.1) is 11.8 Å². The molecule has 0 spiro atoms. The van der Waals surface area contributed by atoms with E-state index in [1.54, 1.807) is 0 Å². The molecule has 2 heteroatoms. The monoisotopic (exact) mass is 275 g/mol. The van der Waals surface area contributed by atoms with Gasteiger partial charge in [0.05, 0.1) is 6.54 Å². The molecule has 1 aromatic rings. The summed E-state index contributed by atoms with van der Waals surface area (Å²) >= 11 is 1.96. The molecule has 0 fully saturated rings. The number of hydrogen-bond donors (Lipinski definition) is 1. The van der Waals surface area contributed by atoms with Gasteiger partial charge >= 0.3 is 0 Å². The molecule has 0 unspecified atom stereocenters. The van der Waals surface area contributed by atoms with Gasteiger partial charge in [-0.1, -0.05) is 44.6 Å². The Morgan fingerprint density at radius 2 is 1.95 bits per heavy atom. The van der Waals surface area contributed by atoms with Crippen molar-refractivity contribution >= 4 is 11.8 Å². The highest BCUT2D eigenvalue weighted by Gasteiger charge is 2.07. The third kappa shape index (κ3) is 6.71. The maximum atomic E-state index is 5.40. The fourth-order valence-corrected chi connectivity index (χ4v) is 3.30. The number of benzene rings is 1. The molecule has 0 saturated heterocycles. The van der Waals surface area contributed by atoms with E-state index in [1.165, 1.54) is 36.3 Å². The predicted molar refractivity (Wildman–Crippen MR) is 86.4 cm³/mol. The Balaban J connectivity index is 2.56. The minimum absolute atomic E-state index is 0.423. The largest absolute Gasteiger partial charge is 0.320 e. The SMILES string of the molecule is CCCC(CCC)CSc1cccc(C#CCN)c1. The molecule has 0 amide bonds. The molecule has 1 aromatic carbocycles. The van der Waals surface area contributed by atoms with Crippen molar-refractivity contribution in [2.45, 2.75) is 44.4 Å². The highest BCUT2D eigenvalue weighted by molar-refractivity contribution is 7.99. The molecule has 1 rings (SSSR count). The highest BCUT2D eigenvalue weighted by atomic mass is 32.2. The van der Waals surface area contributed by atoms with Crippen LogP contribution in [0.15, 0.2) is 29.2 Å². The molecule has 0 aliphatic carbocycles. The fraction of sp³-hybridized carbons (Fsp3) is 0.529. The van der Waals surface area contributed by atoms with Crippen LogP contribution in [0.2, 0.25) is 0 Å². The van der Waals surface area contributed by atoms with Crippen molar-refractivity contribution in [2.75, 3.05) is 12.3 Å². The average Bonchev–Trinajstić information content (AvgIpc) is 2.43. The van der Waals surface area contributed by atoms with Crippen molar-refractivity contribution in [2.24, 2.45) is 11.7 Å². The molecule has 0 bridgehead atoms. The molecule has 2 N–H and O–H groups in total. The van der Waals surface area contributed by atoms with Gasteiger partial charge in [-0.25, -0.2) is 0 Å². The maximum absolute atomic E-state index is 5.40. The Kier molecular flexibility index (Phi) is 8.45. The van der Waals surface area contributed by atoms with Gasteiger partial charge in [0.25, 0.3) is 0 Å². The van der Waals surface area contributed by atoms with Crippen LogP contribution in [0.1, 0.15) is 45.1 Å². The Labute approximate surface area is 122 Å². The molecule has 19 heavy (non-hydrogen) atoms. The molecular weight excluding hydrogens is 250 g/mol. The molecule has 1 nitrogen and oxygen atoms in total. The predicted octanol–water partition coefficient (Wildman–Crippen LogP) is 4.31. The van der Waals surface area contributed by atoms with Gasteiger partial charge in [0, 0.05) is 16.2 Å². The van der Waals surface area contributed by atoms with Gasteiger partial charge < -0.3 is 5.73 Å². The first-order valence-electron chi connectivity index (χ1n) is 7.21. The first kappa shape index (κ1) is 16.1. The number of nitrogens with two attached hydrogens (primary N) is 1. The van der Waals surface area contributed by atoms with E-state index < -0.39 is 0 Å². The van der Waals surface area contributed by atoms with Crippen LogP contribution >= 0.6 is 11.8 Å². The zero-order valence-corrected chi connectivity index (χ0v) is 12.9. The van der Waals surface area contributed by atoms with Crippen molar-refractivity contribution in [3.8, 4) is 11.8 Å². The summed E-state index contributed by atoms with van der Waals surface area (Å²) in [5, 5.41) is 0. The van der Waals surface area contributed by atoms with Crippen LogP contribution in [0.3, 0.4) is 0 Å². The molecule has 0 radical (unpaired) electrons. The summed E-state index contributed by atoms with van der Waals surface area (Å²) in [5.41, 5.74) is 6.47. The third-order valence-corrected chi connectivity index (χ3v) is 4.27. The van der Waals surface area contributed by atoms with Gasteiger partial charge in [0.2, 0.25) is 0 Å². The van der Waals surface area contributed by atoms with Crippen molar-refractivity contribution in [1.29, 1.82) is 0 Å². The zero-order valence-electron chi connectivity index (χ0n) is 12.1.